The molecule has 1 N–H and O–H groups in total. The Morgan fingerprint density at radius 3 is 2.88 bits per heavy atom. The van der Waals surface area contributed by atoms with Gasteiger partial charge < -0.3 is 9.52 Å². The maximum absolute atomic E-state index is 10.5. The Morgan fingerprint density at radius 2 is 2.19 bits per heavy atom. The predicted molar refractivity (Wildman–Crippen MR) is 65.2 cm³/mol. The summed E-state index contributed by atoms with van der Waals surface area (Å²) >= 11 is 3.37. The Morgan fingerprint density at radius 1 is 1.44 bits per heavy atom. The number of hydrogen-bond donors (Lipinski definition) is 1. The minimum absolute atomic E-state index is 0.579. The molecule has 0 atom stereocenters. The molecule has 0 saturated carbocycles. The van der Waals surface area contributed by atoms with Gasteiger partial charge in [-0.15, -0.1) is 0 Å². The minimum atomic E-state index is -0.973. The summed E-state index contributed by atoms with van der Waals surface area (Å²) in [5, 5.41) is 9.59. The zero-order valence-corrected chi connectivity index (χ0v) is 10.1. The molecule has 0 bridgehead atoms. The van der Waals surface area contributed by atoms with Crippen molar-refractivity contribution in [1.29, 1.82) is 0 Å². The van der Waals surface area contributed by atoms with Crippen LogP contribution in [0.25, 0.3) is 16.5 Å². The van der Waals surface area contributed by atoms with Crippen LogP contribution in [-0.4, -0.2) is 11.1 Å². The number of halogens is 1. The first-order valence-corrected chi connectivity index (χ1v) is 5.46. The fraction of sp³-hybridized carbons (Fsp3) is 0.0833. The van der Waals surface area contributed by atoms with Crippen molar-refractivity contribution in [2.75, 3.05) is 0 Å². The number of fused-ring (bicyclic) bond motifs is 1. The van der Waals surface area contributed by atoms with E-state index in [-0.39, 0.29) is 0 Å². The lowest BCUT2D eigenvalue weighted by Gasteiger charge is -1.92. The molecule has 82 valence electrons. The van der Waals surface area contributed by atoms with Crippen molar-refractivity contribution < 1.29 is 14.3 Å². The zero-order chi connectivity index (χ0) is 11.7. The first-order valence-electron chi connectivity index (χ1n) is 4.67. The van der Waals surface area contributed by atoms with Crippen LogP contribution in [0.4, 0.5) is 0 Å². The molecule has 1 aromatic heterocycles. The topological polar surface area (TPSA) is 50.4 Å². The van der Waals surface area contributed by atoms with Crippen LogP contribution >= 0.6 is 15.9 Å². The van der Waals surface area contributed by atoms with Gasteiger partial charge in [0.05, 0.1) is 0 Å². The molecule has 3 nitrogen and oxygen atoms in total. The maximum Gasteiger partial charge on any atom is 0.328 e. The summed E-state index contributed by atoms with van der Waals surface area (Å²) in [5.41, 5.74) is 1.34. The molecule has 1 aromatic carbocycles. The van der Waals surface area contributed by atoms with Gasteiger partial charge in [-0.05, 0) is 36.8 Å². The highest BCUT2D eigenvalue weighted by molar-refractivity contribution is 9.10. The van der Waals surface area contributed by atoms with E-state index < -0.39 is 5.97 Å². The van der Waals surface area contributed by atoms with Crippen LogP contribution in [0.15, 0.2) is 39.2 Å². The van der Waals surface area contributed by atoms with Crippen molar-refractivity contribution in [2.24, 2.45) is 0 Å². The van der Waals surface area contributed by atoms with Crippen LogP contribution < -0.4 is 0 Å². The summed E-state index contributed by atoms with van der Waals surface area (Å²) in [5.74, 6) is -0.394. The van der Waals surface area contributed by atoms with Crippen LogP contribution in [-0.2, 0) is 4.79 Å². The van der Waals surface area contributed by atoms with Gasteiger partial charge in [0, 0.05) is 15.9 Å². The smallest absolute Gasteiger partial charge is 0.328 e. The number of carbonyl (C=O) groups is 1. The van der Waals surface area contributed by atoms with E-state index in [9.17, 15) is 4.79 Å². The molecule has 4 heteroatoms. The van der Waals surface area contributed by atoms with E-state index in [4.69, 9.17) is 9.52 Å². The van der Waals surface area contributed by atoms with E-state index in [2.05, 4.69) is 15.9 Å². The molecular formula is C12H9BrO3. The summed E-state index contributed by atoms with van der Waals surface area (Å²) in [6.45, 7) is 1.71. The predicted octanol–water partition coefficient (Wildman–Crippen LogP) is 3.68. The van der Waals surface area contributed by atoms with E-state index in [1.807, 2.05) is 24.3 Å². The molecule has 0 fully saturated rings. The van der Waals surface area contributed by atoms with Gasteiger partial charge >= 0.3 is 5.97 Å². The lowest BCUT2D eigenvalue weighted by molar-refractivity contribution is -0.131. The average Bonchev–Trinajstić information content (AvgIpc) is 2.59. The Labute approximate surface area is 101 Å². The van der Waals surface area contributed by atoms with Gasteiger partial charge in [-0.2, -0.15) is 0 Å². The van der Waals surface area contributed by atoms with Gasteiger partial charge in [0.25, 0.3) is 0 Å². The molecular weight excluding hydrogens is 272 g/mol. The summed E-state index contributed by atoms with van der Waals surface area (Å²) in [6.07, 6.45) is 1.13. The number of benzene rings is 1. The fourth-order valence-electron chi connectivity index (χ4n) is 1.46. The second-order valence-electron chi connectivity index (χ2n) is 3.46. The molecule has 16 heavy (non-hydrogen) atoms. The first-order chi connectivity index (χ1) is 7.56. The number of carboxylic acid groups (broad SMARTS) is 1. The van der Waals surface area contributed by atoms with Crippen LogP contribution in [0.1, 0.15) is 12.7 Å². The lowest BCUT2D eigenvalue weighted by Crippen LogP contribution is -1.88. The van der Waals surface area contributed by atoms with E-state index in [1.165, 1.54) is 0 Å². The summed E-state index contributed by atoms with van der Waals surface area (Å²) in [7, 11) is 0. The lowest BCUT2D eigenvalue weighted by atomic mass is 10.2. The maximum atomic E-state index is 10.5. The van der Waals surface area contributed by atoms with E-state index in [0.29, 0.717) is 11.3 Å². The molecule has 0 spiro atoms. The quantitative estimate of drug-likeness (QED) is 0.854. The van der Waals surface area contributed by atoms with Crippen molar-refractivity contribution in [3.63, 3.8) is 0 Å². The normalized spacial score (nSPS) is 12.0. The van der Waals surface area contributed by atoms with E-state index >= 15 is 0 Å². The minimum Gasteiger partial charge on any atom is -0.478 e. The summed E-state index contributed by atoms with van der Waals surface area (Å²) < 4.78 is 6.50. The molecule has 0 amide bonds. The largest absolute Gasteiger partial charge is 0.478 e. The van der Waals surface area contributed by atoms with Crippen molar-refractivity contribution in [3.05, 3.63) is 40.6 Å². The average molecular weight is 281 g/mol. The highest BCUT2D eigenvalue weighted by Crippen LogP contribution is 2.26. The number of furan rings is 1. The summed E-state index contributed by atoms with van der Waals surface area (Å²) in [6, 6.07) is 7.48. The van der Waals surface area contributed by atoms with Crippen LogP contribution in [0, 0.1) is 0 Å². The second kappa shape index (κ2) is 4.14. The molecule has 0 aliphatic rings. The number of carboxylic acids is 1. The Bertz CT molecular complexity index is 581. The monoisotopic (exact) mass is 280 g/mol. The molecule has 2 rings (SSSR count). The Balaban J connectivity index is 2.51. The number of aliphatic carboxylic acids is 1. The molecule has 2 aromatic rings. The summed E-state index contributed by atoms with van der Waals surface area (Å²) in [4.78, 5) is 10.5. The molecule has 0 radical (unpaired) electrons. The van der Waals surface area contributed by atoms with Gasteiger partial charge in [0.1, 0.15) is 11.3 Å². The van der Waals surface area contributed by atoms with Crippen LogP contribution in [0.2, 0.25) is 0 Å². The van der Waals surface area contributed by atoms with Gasteiger partial charge in [-0.25, -0.2) is 4.79 Å². The molecule has 0 aliphatic heterocycles. The SMILES string of the molecule is C/C(=C\C(=O)O)c1cc2cc(Br)ccc2o1. The second-order valence-corrected chi connectivity index (χ2v) is 4.37. The van der Waals surface area contributed by atoms with Crippen LogP contribution in [0.3, 0.4) is 0 Å². The van der Waals surface area contributed by atoms with Crippen molar-refractivity contribution in [1.82, 2.24) is 0 Å². The van der Waals surface area contributed by atoms with E-state index in [1.54, 1.807) is 6.92 Å². The highest BCUT2D eigenvalue weighted by Gasteiger charge is 2.06. The van der Waals surface area contributed by atoms with Crippen molar-refractivity contribution in [3.8, 4) is 0 Å². The third-order valence-electron chi connectivity index (χ3n) is 2.21. The Kier molecular flexibility index (Phi) is 2.83. The first kappa shape index (κ1) is 11.0. The van der Waals surface area contributed by atoms with Crippen molar-refractivity contribution in [2.45, 2.75) is 6.92 Å². The standard InChI is InChI=1S/C12H9BrO3/c1-7(4-12(14)15)11-6-8-5-9(13)2-3-10(8)16-11/h2-6H,1H3,(H,14,15)/b7-4+. The number of allylic oxidation sites excluding steroid dienone is 1. The molecule has 0 unspecified atom stereocenters. The molecule has 0 saturated heterocycles. The highest BCUT2D eigenvalue weighted by atomic mass is 79.9. The van der Waals surface area contributed by atoms with Gasteiger partial charge in [0.15, 0.2) is 0 Å². The molecule has 1 heterocycles. The third-order valence-corrected chi connectivity index (χ3v) is 2.70. The zero-order valence-electron chi connectivity index (χ0n) is 8.53. The van der Waals surface area contributed by atoms with Gasteiger partial charge in [-0.3, -0.25) is 0 Å². The number of hydrogen-bond acceptors (Lipinski definition) is 2. The molecule has 0 aliphatic carbocycles. The Hall–Kier alpha value is -1.55. The van der Waals surface area contributed by atoms with Gasteiger partial charge in [0.2, 0.25) is 0 Å². The fourth-order valence-corrected chi connectivity index (χ4v) is 1.84. The van der Waals surface area contributed by atoms with Crippen molar-refractivity contribution >= 4 is 38.4 Å². The van der Waals surface area contributed by atoms with E-state index in [0.717, 1.165) is 21.5 Å². The van der Waals surface area contributed by atoms with Crippen LogP contribution in [0.5, 0.6) is 0 Å². The van der Waals surface area contributed by atoms with Gasteiger partial charge in [-0.1, -0.05) is 15.9 Å². The third kappa shape index (κ3) is 2.17. The number of rotatable bonds is 2.